The first-order chi connectivity index (χ1) is 18.0. The highest BCUT2D eigenvalue weighted by atomic mass is 32.2. The molecule has 1 aromatic heterocycles. The maximum atomic E-state index is 12.5. The summed E-state index contributed by atoms with van der Waals surface area (Å²) in [7, 11) is 3.19. The minimum Gasteiger partial charge on any atom is -0.493 e. The van der Waals surface area contributed by atoms with Gasteiger partial charge in [0.1, 0.15) is 0 Å². The number of methoxy groups -OCH3 is 2. The number of hydrogen-bond donors (Lipinski definition) is 1. The van der Waals surface area contributed by atoms with Crippen LogP contribution in [-0.2, 0) is 11.3 Å². The van der Waals surface area contributed by atoms with Gasteiger partial charge in [0.15, 0.2) is 22.5 Å². The lowest BCUT2D eigenvalue weighted by Crippen LogP contribution is -2.21. The quantitative estimate of drug-likeness (QED) is 0.176. The second-order valence-corrected chi connectivity index (χ2v) is 9.03. The Balaban J connectivity index is 1.38. The van der Waals surface area contributed by atoms with Crippen LogP contribution in [-0.4, -0.2) is 46.4 Å². The van der Waals surface area contributed by atoms with Gasteiger partial charge in [0.2, 0.25) is 0 Å². The summed E-state index contributed by atoms with van der Waals surface area (Å²) >= 11 is 1.31. The first-order valence-electron chi connectivity index (χ1n) is 11.8. The predicted octanol–water partition coefficient (Wildman–Crippen LogP) is 5.28. The first-order valence-corrected chi connectivity index (χ1v) is 12.8. The molecule has 4 aromatic rings. The summed E-state index contributed by atoms with van der Waals surface area (Å²) in [6.45, 7) is 4.53. The van der Waals surface area contributed by atoms with Gasteiger partial charge in [-0.1, -0.05) is 66.4 Å². The number of amides is 1. The Labute approximate surface area is 220 Å². The van der Waals surface area contributed by atoms with Gasteiger partial charge in [-0.2, -0.15) is 5.10 Å². The normalized spacial score (nSPS) is 11.3. The van der Waals surface area contributed by atoms with E-state index >= 15 is 0 Å². The van der Waals surface area contributed by atoms with Gasteiger partial charge in [-0.15, -0.1) is 10.2 Å². The SMILES string of the molecule is CCn1c(SCC(=O)NN=C(C)c2ccc(-c3ccccc3)cc2)nnc1-c1ccc(OC)c(OC)c1. The van der Waals surface area contributed by atoms with Gasteiger partial charge in [-0.25, -0.2) is 5.43 Å². The van der Waals surface area contributed by atoms with E-state index in [1.165, 1.54) is 11.8 Å². The van der Waals surface area contributed by atoms with E-state index in [1.807, 2.05) is 66.9 Å². The molecule has 0 bridgehead atoms. The fourth-order valence-electron chi connectivity index (χ4n) is 3.78. The van der Waals surface area contributed by atoms with Gasteiger partial charge in [-0.3, -0.25) is 4.79 Å². The molecule has 0 fully saturated rings. The zero-order valence-corrected chi connectivity index (χ0v) is 22.1. The summed E-state index contributed by atoms with van der Waals surface area (Å²) < 4.78 is 12.7. The molecule has 3 aromatic carbocycles. The van der Waals surface area contributed by atoms with Crippen LogP contribution in [0, 0.1) is 0 Å². The van der Waals surface area contributed by atoms with E-state index in [1.54, 1.807) is 14.2 Å². The number of carbonyl (C=O) groups is 1. The van der Waals surface area contributed by atoms with Crippen molar-refractivity contribution in [2.45, 2.75) is 25.5 Å². The van der Waals surface area contributed by atoms with Crippen LogP contribution in [0.15, 0.2) is 83.1 Å². The molecule has 9 heteroatoms. The van der Waals surface area contributed by atoms with Crippen molar-refractivity contribution >= 4 is 23.4 Å². The average Bonchev–Trinajstić information content (AvgIpc) is 3.37. The molecule has 1 amide bonds. The summed E-state index contributed by atoms with van der Waals surface area (Å²) in [5, 5.41) is 13.6. The highest BCUT2D eigenvalue weighted by molar-refractivity contribution is 7.99. The summed E-state index contributed by atoms with van der Waals surface area (Å²) in [5.74, 6) is 1.89. The smallest absolute Gasteiger partial charge is 0.250 e. The third kappa shape index (κ3) is 6.18. The Morgan fingerprint density at radius 2 is 1.59 bits per heavy atom. The maximum absolute atomic E-state index is 12.5. The molecular weight excluding hydrogens is 486 g/mol. The summed E-state index contributed by atoms with van der Waals surface area (Å²) in [6.07, 6.45) is 0. The molecule has 0 atom stereocenters. The molecule has 37 heavy (non-hydrogen) atoms. The van der Waals surface area contributed by atoms with Gasteiger partial charge in [0.05, 0.1) is 25.7 Å². The van der Waals surface area contributed by atoms with Crippen LogP contribution in [0.4, 0.5) is 0 Å². The summed E-state index contributed by atoms with van der Waals surface area (Å²) in [4.78, 5) is 12.5. The van der Waals surface area contributed by atoms with E-state index in [0.29, 0.717) is 29.0 Å². The zero-order valence-electron chi connectivity index (χ0n) is 21.3. The molecule has 0 saturated carbocycles. The van der Waals surface area contributed by atoms with Crippen LogP contribution in [0.2, 0.25) is 0 Å². The van der Waals surface area contributed by atoms with E-state index in [9.17, 15) is 4.79 Å². The van der Waals surface area contributed by atoms with Crippen LogP contribution >= 0.6 is 11.8 Å². The van der Waals surface area contributed by atoms with Crippen LogP contribution in [0.25, 0.3) is 22.5 Å². The number of hydrazone groups is 1. The van der Waals surface area contributed by atoms with Crippen LogP contribution in [0.3, 0.4) is 0 Å². The van der Waals surface area contributed by atoms with Gasteiger partial charge < -0.3 is 14.0 Å². The van der Waals surface area contributed by atoms with Gasteiger partial charge in [0, 0.05) is 12.1 Å². The van der Waals surface area contributed by atoms with Gasteiger partial charge in [0.25, 0.3) is 5.91 Å². The molecule has 0 unspecified atom stereocenters. The van der Waals surface area contributed by atoms with Crippen molar-refractivity contribution < 1.29 is 14.3 Å². The van der Waals surface area contributed by atoms with Crippen molar-refractivity contribution in [3.8, 4) is 34.0 Å². The van der Waals surface area contributed by atoms with E-state index in [0.717, 1.165) is 28.0 Å². The van der Waals surface area contributed by atoms with E-state index in [4.69, 9.17) is 9.47 Å². The number of thioether (sulfide) groups is 1. The number of hydrogen-bond acceptors (Lipinski definition) is 7. The molecule has 0 aliphatic carbocycles. The highest BCUT2D eigenvalue weighted by Gasteiger charge is 2.16. The third-order valence-electron chi connectivity index (χ3n) is 5.77. The lowest BCUT2D eigenvalue weighted by atomic mass is 10.0. The van der Waals surface area contributed by atoms with Gasteiger partial charge in [-0.05, 0) is 48.7 Å². The van der Waals surface area contributed by atoms with Crippen molar-refractivity contribution in [2.24, 2.45) is 5.10 Å². The number of nitrogens with zero attached hydrogens (tertiary/aromatic N) is 4. The number of carbonyl (C=O) groups excluding carboxylic acids is 1. The Kier molecular flexibility index (Phi) is 8.58. The highest BCUT2D eigenvalue weighted by Crippen LogP contribution is 2.32. The molecule has 0 aliphatic heterocycles. The molecule has 4 rings (SSSR count). The Morgan fingerprint density at radius 3 is 2.27 bits per heavy atom. The molecule has 0 radical (unpaired) electrons. The molecular formula is C28H29N5O3S. The standard InChI is InChI=1S/C28H29N5O3S/c1-5-33-27(23-15-16-24(35-3)25(17-23)36-4)31-32-28(33)37-18-26(34)30-29-19(2)20-11-13-22(14-12-20)21-9-7-6-8-10-21/h6-17H,5,18H2,1-4H3,(H,30,34). The van der Waals surface area contributed by atoms with E-state index in [-0.39, 0.29) is 11.7 Å². The fourth-order valence-corrected chi connectivity index (χ4v) is 4.57. The fraction of sp³-hybridized carbons (Fsp3) is 0.214. The molecule has 0 spiro atoms. The van der Waals surface area contributed by atoms with Crippen molar-refractivity contribution in [1.29, 1.82) is 0 Å². The lowest BCUT2D eigenvalue weighted by Gasteiger charge is -2.11. The van der Waals surface area contributed by atoms with Crippen molar-refractivity contribution in [3.05, 3.63) is 78.4 Å². The molecule has 1 N–H and O–H groups in total. The number of aromatic nitrogens is 3. The van der Waals surface area contributed by atoms with Crippen LogP contribution in [0.1, 0.15) is 19.4 Å². The second kappa shape index (κ2) is 12.2. The Bertz CT molecular complexity index is 1380. The summed E-state index contributed by atoms with van der Waals surface area (Å²) in [5.41, 5.74) is 7.45. The summed E-state index contributed by atoms with van der Waals surface area (Å²) in [6, 6.07) is 23.9. The Morgan fingerprint density at radius 1 is 0.919 bits per heavy atom. The largest absolute Gasteiger partial charge is 0.493 e. The average molecular weight is 516 g/mol. The predicted molar refractivity (Wildman–Crippen MR) is 147 cm³/mol. The zero-order chi connectivity index (χ0) is 26.2. The maximum Gasteiger partial charge on any atom is 0.250 e. The Hall–Kier alpha value is -4.11. The number of benzene rings is 3. The van der Waals surface area contributed by atoms with Crippen LogP contribution < -0.4 is 14.9 Å². The number of ether oxygens (including phenoxy) is 2. The van der Waals surface area contributed by atoms with E-state index in [2.05, 4.69) is 45.0 Å². The van der Waals surface area contributed by atoms with Crippen molar-refractivity contribution in [2.75, 3.05) is 20.0 Å². The molecule has 0 aliphatic rings. The van der Waals surface area contributed by atoms with Gasteiger partial charge >= 0.3 is 0 Å². The molecule has 190 valence electrons. The second-order valence-electron chi connectivity index (χ2n) is 8.08. The molecule has 0 saturated heterocycles. The van der Waals surface area contributed by atoms with Crippen molar-refractivity contribution in [1.82, 2.24) is 20.2 Å². The third-order valence-corrected chi connectivity index (χ3v) is 6.73. The van der Waals surface area contributed by atoms with Crippen LogP contribution in [0.5, 0.6) is 11.5 Å². The minimum atomic E-state index is -0.219. The molecule has 1 heterocycles. The van der Waals surface area contributed by atoms with E-state index < -0.39 is 0 Å². The first kappa shape index (κ1) is 26.0. The molecule has 8 nitrogen and oxygen atoms in total. The minimum absolute atomic E-state index is 0.161. The monoisotopic (exact) mass is 515 g/mol. The number of rotatable bonds is 10. The lowest BCUT2D eigenvalue weighted by molar-refractivity contribution is -0.118. The topological polar surface area (TPSA) is 90.6 Å². The number of nitrogens with one attached hydrogen (secondary N) is 1. The van der Waals surface area contributed by atoms with Crippen molar-refractivity contribution in [3.63, 3.8) is 0 Å².